The van der Waals surface area contributed by atoms with Crippen LogP contribution in [0, 0.1) is 0 Å². The maximum atomic E-state index is 11.9. The van der Waals surface area contributed by atoms with Crippen LogP contribution in [0.5, 0.6) is 5.75 Å². The Balaban J connectivity index is 2.18. The molecule has 0 aliphatic carbocycles. The highest BCUT2D eigenvalue weighted by atomic mass is 35.5. The minimum absolute atomic E-state index is 0.228. The fraction of sp³-hybridized carbons (Fsp3) is 0.143. The van der Waals surface area contributed by atoms with Crippen molar-refractivity contribution in [3.05, 3.63) is 52.8 Å². The molecule has 0 aliphatic rings. The van der Waals surface area contributed by atoms with Crippen LogP contribution in [0.3, 0.4) is 0 Å². The monoisotopic (exact) mass is 276 g/mol. The number of ether oxygens (including phenoxy) is 1. The van der Waals surface area contributed by atoms with Gasteiger partial charge in [0.2, 0.25) is 5.78 Å². The molecule has 2 aromatic rings. The lowest BCUT2D eigenvalue weighted by Crippen LogP contribution is -1.98. The van der Waals surface area contributed by atoms with E-state index in [2.05, 4.69) is 5.10 Å². The number of nitrogens with zero attached hydrogens (tertiary/aromatic N) is 2. The first-order valence-electron chi connectivity index (χ1n) is 5.66. The van der Waals surface area contributed by atoms with Gasteiger partial charge in [-0.25, -0.2) is 0 Å². The number of benzene rings is 1. The topological polar surface area (TPSA) is 44.1 Å². The van der Waals surface area contributed by atoms with Gasteiger partial charge in [-0.15, -0.1) is 0 Å². The Morgan fingerprint density at radius 2 is 2.26 bits per heavy atom. The quantitative estimate of drug-likeness (QED) is 0.637. The van der Waals surface area contributed by atoms with E-state index in [0.29, 0.717) is 5.02 Å². The lowest BCUT2D eigenvalue weighted by atomic mass is 10.1. The van der Waals surface area contributed by atoms with E-state index in [1.54, 1.807) is 26.4 Å². The third kappa shape index (κ3) is 3.23. The van der Waals surface area contributed by atoms with Crippen LogP contribution < -0.4 is 4.74 Å². The number of allylic oxidation sites excluding steroid dienone is 1. The highest BCUT2D eigenvalue weighted by molar-refractivity contribution is 6.34. The third-order valence-corrected chi connectivity index (χ3v) is 2.82. The van der Waals surface area contributed by atoms with Crippen LogP contribution in [-0.4, -0.2) is 22.7 Å². The zero-order valence-electron chi connectivity index (χ0n) is 10.6. The van der Waals surface area contributed by atoms with Crippen molar-refractivity contribution in [1.82, 2.24) is 9.78 Å². The highest BCUT2D eigenvalue weighted by Crippen LogP contribution is 2.16. The highest BCUT2D eigenvalue weighted by Gasteiger charge is 2.11. The van der Waals surface area contributed by atoms with Gasteiger partial charge >= 0.3 is 0 Å². The summed E-state index contributed by atoms with van der Waals surface area (Å²) in [6.45, 7) is 0. The first kappa shape index (κ1) is 13.4. The Bertz CT molecular complexity index is 632. The maximum absolute atomic E-state index is 11.9. The molecule has 1 aromatic heterocycles. The maximum Gasteiger partial charge on any atom is 0.207 e. The molecule has 98 valence electrons. The van der Waals surface area contributed by atoms with Crippen molar-refractivity contribution in [2.24, 2.45) is 7.05 Å². The average Bonchev–Trinajstić information content (AvgIpc) is 2.75. The summed E-state index contributed by atoms with van der Waals surface area (Å²) in [5.41, 5.74) is 1.13. The van der Waals surface area contributed by atoms with Crippen molar-refractivity contribution in [3.8, 4) is 5.75 Å². The van der Waals surface area contributed by atoms with Crippen LogP contribution in [0.4, 0.5) is 0 Å². The molecular formula is C14H13ClN2O2. The summed E-state index contributed by atoms with van der Waals surface area (Å²) in [5.74, 6) is 0.513. The molecule has 0 fully saturated rings. The molecule has 0 aliphatic heterocycles. The summed E-state index contributed by atoms with van der Waals surface area (Å²) in [6, 6.07) is 7.42. The van der Waals surface area contributed by atoms with Crippen LogP contribution in [0.25, 0.3) is 6.08 Å². The fourth-order valence-electron chi connectivity index (χ4n) is 1.62. The Labute approximate surface area is 116 Å². The standard InChI is InChI=1S/C14H13ClN2O2/c1-17-9-12(15)14(16-17)13(18)7-6-10-4-3-5-11(8-10)19-2/h3-9H,1-2H3/b7-6+. The van der Waals surface area contributed by atoms with Crippen LogP contribution in [0.2, 0.25) is 5.02 Å². The first-order valence-corrected chi connectivity index (χ1v) is 6.03. The molecule has 0 amide bonds. The first-order chi connectivity index (χ1) is 9.10. The van der Waals surface area contributed by atoms with Crippen LogP contribution in [0.1, 0.15) is 16.1 Å². The molecule has 0 radical (unpaired) electrons. The number of hydrogen-bond donors (Lipinski definition) is 0. The predicted molar refractivity (Wildman–Crippen MR) is 74.6 cm³/mol. The zero-order chi connectivity index (χ0) is 13.8. The van der Waals surface area contributed by atoms with Gasteiger partial charge in [-0.2, -0.15) is 5.10 Å². The van der Waals surface area contributed by atoms with Gasteiger partial charge in [-0.1, -0.05) is 29.8 Å². The molecule has 2 rings (SSSR count). The molecule has 0 saturated carbocycles. The molecular weight excluding hydrogens is 264 g/mol. The smallest absolute Gasteiger partial charge is 0.207 e. The van der Waals surface area contributed by atoms with E-state index >= 15 is 0 Å². The molecule has 4 nitrogen and oxygen atoms in total. The third-order valence-electron chi connectivity index (χ3n) is 2.54. The molecule has 0 unspecified atom stereocenters. The predicted octanol–water partition coefficient (Wildman–Crippen LogP) is 2.98. The summed E-state index contributed by atoms with van der Waals surface area (Å²) in [6.07, 6.45) is 4.74. The summed E-state index contributed by atoms with van der Waals surface area (Å²) in [7, 11) is 3.32. The number of methoxy groups -OCH3 is 1. The van der Waals surface area contributed by atoms with E-state index in [1.165, 1.54) is 10.8 Å². The molecule has 1 aromatic carbocycles. The largest absolute Gasteiger partial charge is 0.497 e. The second kappa shape index (κ2) is 5.71. The summed E-state index contributed by atoms with van der Waals surface area (Å²) < 4.78 is 6.62. The van der Waals surface area contributed by atoms with Crippen molar-refractivity contribution in [2.45, 2.75) is 0 Å². The van der Waals surface area contributed by atoms with E-state index in [-0.39, 0.29) is 11.5 Å². The van der Waals surface area contributed by atoms with Gasteiger partial charge in [0.1, 0.15) is 5.75 Å². The van der Waals surface area contributed by atoms with Crippen molar-refractivity contribution in [2.75, 3.05) is 7.11 Å². The van der Waals surface area contributed by atoms with Gasteiger partial charge < -0.3 is 4.74 Å². The second-order valence-corrected chi connectivity index (χ2v) is 4.38. The lowest BCUT2D eigenvalue weighted by Gasteiger charge is -1.99. The summed E-state index contributed by atoms with van der Waals surface area (Å²) >= 11 is 5.91. The number of aryl methyl sites for hydroxylation is 1. The van der Waals surface area contributed by atoms with Crippen LogP contribution in [0.15, 0.2) is 36.5 Å². The van der Waals surface area contributed by atoms with Crippen LogP contribution >= 0.6 is 11.6 Å². The number of ketones is 1. The lowest BCUT2D eigenvalue weighted by molar-refractivity contribution is 0.104. The molecule has 0 atom stereocenters. The number of aromatic nitrogens is 2. The minimum atomic E-state index is -0.228. The second-order valence-electron chi connectivity index (χ2n) is 3.97. The Hall–Kier alpha value is -2.07. The molecule has 0 saturated heterocycles. The number of halogens is 1. The van der Waals surface area contributed by atoms with E-state index in [1.807, 2.05) is 24.3 Å². The minimum Gasteiger partial charge on any atom is -0.497 e. The number of rotatable bonds is 4. The Morgan fingerprint density at radius 1 is 1.47 bits per heavy atom. The fourth-order valence-corrected chi connectivity index (χ4v) is 1.89. The van der Waals surface area contributed by atoms with Gasteiger partial charge in [0.15, 0.2) is 5.69 Å². The van der Waals surface area contributed by atoms with Gasteiger partial charge in [0.05, 0.1) is 12.1 Å². The number of carbonyl (C=O) groups is 1. The van der Waals surface area contributed by atoms with Crippen molar-refractivity contribution in [1.29, 1.82) is 0 Å². The molecule has 0 spiro atoms. The van der Waals surface area contributed by atoms with E-state index in [4.69, 9.17) is 16.3 Å². The summed E-state index contributed by atoms with van der Waals surface area (Å²) in [4.78, 5) is 11.9. The molecule has 5 heteroatoms. The van der Waals surface area contributed by atoms with Crippen LogP contribution in [-0.2, 0) is 7.05 Å². The molecule has 0 N–H and O–H groups in total. The van der Waals surface area contributed by atoms with Gasteiger partial charge in [-0.3, -0.25) is 9.48 Å². The zero-order valence-corrected chi connectivity index (χ0v) is 11.4. The SMILES string of the molecule is COc1cccc(/C=C/C(=O)c2nn(C)cc2Cl)c1. The van der Waals surface area contributed by atoms with Crippen molar-refractivity contribution >= 4 is 23.5 Å². The Morgan fingerprint density at radius 3 is 2.89 bits per heavy atom. The summed E-state index contributed by atoms with van der Waals surface area (Å²) in [5, 5.41) is 4.37. The number of hydrogen-bond acceptors (Lipinski definition) is 3. The van der Waals surface area contributed by atoms with Gasteiger partial charge in [-0.05, 0) is 23.8 Å². The average molecular weight is 277 g/mol. The molecule has 19 heavy (non-hydrogen) atoms. The molecule has 1 heterocycles. The van der Waals surface area contributed by atoms with Gasteiger partial charge in [0.25, 0.3) is 0 Å². The number of carbonyl (C=O) groups excluding carboxylic acids is 1. The van der Waals surface area contributed by atoms with E-state index in [0.717, 1.165) is 11.3 Å². The van der Waals surface area contributed by atoms with Crippen molar-refractivity contribution in [3.63, 3.8) is 0 Å². The molecule has 0 bridgehead atoms. The van der Waals surface area contributed by atoms with Crippen molar-refractivity contribution < 1.29 is 9.53 Å². The normalized spacial score (nSPS) is 10.9. The Kier molecular flexibility index (Phi) is 4.02. The van der Waals surface area contributed by atoms with E-state index in [9.17, 15) is 4.79 Å². The van der Waals surface area contributed by atoms with E-state index < -0.39 is 0 Å². The van der Waals surface area contributed by atoms with Gasteiger partial charge in [0, 0.05) is 13.2 Å².